The third-order valence-corrected chi connectivity index (χ3v) is 3.71. The lowest BCUT2D eigenvalue weighted by Crippen LogP contribution is -2.18. The fourth-order valence-corrected chi connectivity index (χ4v) is 2.40. The van der Waals surface area contributed by atoms with Crippen molar-refractivity contribution in [2.75, 3.05) is 5.32 Å². The molecule has 1 amide bonds. The number of anilines is 1. The third kappa shape index (κ3) is 3.77. The molecule has 3 rings (SSSR count). The number of aromatic amines is 1. The van der Waals surface area contributed by atoms with Gasteiger partial charge < -0.3 is 10.6 Å². The van der Waals surface area contributed by atoms with Crippen molar-refractivity contribution in [1.82, 2.24) is 15.5 Å². The summed E-state index contributed by atoms with van der Waals surface area (Å²) in [7, 11) is 0. The molecule has 0 bridgehead atoms. The van der Waals surface area contributed by atoms with Gasteiger partial charge >= 0.3 is 0 Å². The van der Waals surface area contributed by atoms with Gasteiger partial charge in [-0.05, 0) is 17.7 Å². The molecule has 1 heterocycles. The lowest BCUT2D eigenvalue weighted by Gasteiger charge is -2.11. The van der Waals surface area contributed by atoms with Crippen molar-refractivity contribution < 1.29 is 13.6 Å². The Kier molecular flexibility index (Phi) is 5.07. The second kappa shape index (κ2) is 7.60. The van der Waals surface area contributed by atoms with Crippen LogP contribution in [0.15, 0.2) is 61.3 Å². The summed E-state index contributed by atoms with van der Waals surface area (Å²) >= 11 is 0. The van der Waals surface area contributed by atoms with Crippen LogP contribution in [0.3, 0.4) is 0 Å². The molecule has 5 nitrogen and oxygen atoms in total. The fraction of sp³-hybridized carbons (Fsp3) is 0.0526. The fourth-order valence-electron chi connectivity index (χ4n) is 2.40. The molecule has 0 spiro atoms. The number of halogens is 2. The van der Waals surface area contributed by atoms with Gasteiger partial charge in [0.15, 0.2) is 0 Å². The van der Waals surface area contributed by atoms with Gasteiger partial charge in [-0.3, -0.25) is 9.89 Å². The average Bonchev–Trinajstić information content (AvgIpc) is 3.08. The summed E-state index contributed by atoms with van der Waals surface area (Å²) in [6.07, 6.45) is 1.42. The number of aromatic nitrogens is 2. The predicted octanol–water partition coefficient (Wildman–Crippen LogP) is 3.70. The maximum atomic E-state index is 13.7. The highest BCUT2D eigenvalue weighted by Crippen LogP contribution is 2.21. The van der Waals surface area contributed by atoms with E-state index in [2.05, 4.69) is 27.4 Å². The Morgan fingerprint density at radius 3 is 2.46 bits per heavy atom. The highest BCUT2D eigenvalue weighted by molar-refractivity contribution is 6.05. The maximum Gasteiger partial charge on any atom is 0.261 e. The van der Waals surface area contributed by atoms with Crippen LogP contribution in [0.25, 0.3) is 5.70 Å². The van der Waals surface area contributed by atoms with Crippen LogP contribution in [0.1, 0.15) is 21.6 Å². The van der Waals surface area contributed by atoms with Gasteiger partial charge in [0, 0.05) is 12.7 Å². The Morgan fingerprint density at radius 2 is 1.77 bits per heavy atom. The summed E-state index contributed by atoms with van der Waals surface area (Å²) in [4.78, 5) is 12.2. The summed E-state index contributed by atoms with van der Waals surface area (Å²) < 4.78 is 27.5. The van der Waals surface area contributed by atoms with Gasteiger partial charge in [0.05, 0.1) is 11.4 Å². The second-order valence-corrected chi connectivity index (χ2v) is 5.52. The van der Waals surface area contributed by atoms with Crippen molar-refractivity contribution in [2.45, 2.75) is 6.54 Å². The van der Waals surface area contributed by atoms with Gasteiger partial charge in [0.25, 0.3) is 5.91 Å². The molecule has 0 saturated heterocycles. The number of amides is 1. The first-order chi connectivity index (χ1) is 12.6. The van der Waals surface area contributed by atoms with Crippen LogP contribution in [-0.4, -0.2) is 16.1 Å². The van der Waals surface area contributed by atoms with Crippen molar-refractivity contribution in [1.29, 1.82) is 0 Å². The van der Waals surface area contributed by atoms with Gasteiger partial charge in [0.1, 0.15) is 22.9 Å². The lowest BCUT2D eigenvalue weighted by molar-refractivity contribution is 0.101. The van der Waals surface area contributed by atoms with Crippen molar-refractivity contribution in [2.24, 2.45) is 0 Å². The SMILES string of the molecule is C=C(NCc1ccccc1)c1n[nH]cc1NC(=O)c1c(F)cccc1F. The first-order valence-corrected chi connectivity index (χ1v) is 7.82. The van der Waals surface area contributed by atoms with Crippen molar-refractivity contribution in [3.63, 3.8) is 0 Å². The molecule has 0 radical (unpaired) electrons. The minimum absolute atomic E-state index is 0.267. The summed E-state index contributed by atoms with van der Waals surface area (Å²) in [6, 6.07) is 12.9. The van der Waals surface area contributed by atoms with E-state index in [-0.39, 0.29) is 5.69 Å². The molecule has 0 saturated carbocycles. The number of hydrogen-bond acceptors (Lipinski definition) is 3. The predicted molar refractivity (Wildman–Crippen MR) is 95.2 cm³/mol. The molecule has 0 aliphatic heterocycles. The standard InChI is InChI=1S/C19H16F2N4O/c1-12(22-10-13-6-3-2-4-7-13)18-16(11-23-25-18)24-19(26)17-14(20)8-5-9-15(17)21/h2-9,11,22H,1,10H2,(H,23,25)(H,24,26). The van der Waals surface area contributed by atoms with E-state index in [4.69, 9.17) is 0 Å². The molecule has 1 aromatic heterocycles. The van der Waals surface area contributed by atoms with E-state index in [0.717, 1.165) is 17.7 Å². The lowest BCUT2D eigenvalue weighted by atomic mass is 10.1. The second-order valence-electron chi connectivity index (χ2n) is 5.52. The van der Waals surface area contributed by atoms with Crippen LogP contribution in [0.4, 0.5) is 14.5 Å². The largest absolute Gasteiger partial charge is 0.380 e. The van der Waals surface area contributed by atoms with Crippen molar-refractivity contribution >= 4 is 17.3 Å². The highest BCUT2D eigenvalue weighted by atomic mass is 19.1. The van der Waals surface area contributed by atoms with Crippen LogP contribution in [-0.2, 0) is 6.54 Å². The van der Waals surface area contributed by atoms with E-state index in [1.165, 1.54) is 12.3 Å². The van der Waals surface area contributed by atoms with Crippen LogP contribution in [0, 0.1) is 11.6 Å². The molecule has 0 unspecified atom stereocenters. The molecule has 0 fully saturated rings. The van der Waals surface area contributed by atoms with E-state index in [9.17, 15) is 13.6 Å². The number of benzene rings is 2. The van der Waals surface area contributed by atoms with Crippen LogP contribution >= 0.6 is 0 Å². The van der Waals surface area contributed by atoms with Gasteiger partial charge in [0.2, 0.25) is 0 Å². The number of carbonyl (C=O) groups excluding carboxylic acids is 1. The van der Waals surface area contributed by atoms with Crippen LogP contribution in [0.2, 0.25) is 0 Å². The molecule has 0 aliphatic rings. The molecular weight excluding hydrogens is 338 g/mol. The van der Waals surface area contributed by atoms with E-state index in [1.54, 1.807) is 0 Å². The molecule has 2 aromatic carbocycles. The van der Waals surface area contributed by atoms with Gasteiger partial charge in [-0.15, -0.1) is 0 Å². The number of carbonyl (C=O) groups is 1. The van der Waals surface area contributed by atoms with E-state index in [0.29, 0.717) is 17.9 Å². The number of nitrogens with one attached hydrogen (secondary N) is 3. The maximum absolute atomic E-state index is 13.7. The Labute approximate surface area is 148 Å². The molecule has 132 valence electrons. The van der Waals surface area contributed by atoms with Gasteiger partial charge in [-0.2, -0.15) is 5.10 Å². The normalized spacial score (nSPS) is 10.4. The van der Waals surface area contributed by atoms with E-state index in [1.807, 2.05) is 30.3 Å². The van der Waals surface area contributed by atoms with Gasteiger partial charge in [-0.25, -0.2) is 8.78 Å². The Morgan fingerprint density at radius 1 is 1.08 bits per heavy atom. The highest BCUT2D eigenvalue weighted by Gasteiger charge is 2.19. The minimum Gasteiger partial charge on any atom is -0.380 e. The van der Waals surface area contributed by atoms with E-state index < -0.39 is 23.1 Å². The third-order valence-electron chi connectivity index (χ3n) is 3.71. The molecule has 0 aliphatic carbocycles. The number of nitrogens with zero attached hydrogens (tertiary/aromatic N) is 1. The average molecular weight is 354 g/mol. The zero-order valence-corrected chi connectivity index (χ0v) is 13.7. The molecule has 3 aromatic rings. The molecule has 0 atom stereocenters. The quantitative estimate of drug-likeness (QED) is 0.632. The molecule has 26 heavy (non-hydrogen) atoms. The summed E-state index contributed by atoms with van der Waals surface area (Å²) in [5.74, 6) is -2.78. The minimum atomic E-state index is -0.937. The Bertz CT molecular complexity index is 917. The monoisotopic (exact) mass is 354 g/mol. The smallest absolute Gasteiger partial charge is 0.261 e. The van der Waals surface area contributed by atoms with E-state index >= 15 is 0 Å². The van der Waals surface area contributed by atoms with Crippen LogP contribution in [0.5, 0.6) is 0 Å². The first-order valence-electron chi connectivity index (χ1n) is 7.82. The zero-order valence-electron chi connectivity index (χ0n) is 13.7. The topological polar surface area (TPSA) is 69.8 Å². The molecule has 7 heteroatoms. The Balaban J connectivity index is 1.72. The van der Waals surface area contributed by atoms with Crippen LogP contribution < -0.4 is 10.6 Å². The molecular formula is C19H16F2N4O. The first kappa shape index (κ1) is 17.3. The number of hydrogen-bond donors (Lipinski definition) is 3. The molecule has 3 N–H and O–H groups in total. The summed E-state index contributed by atoms with van der Waals surface area (Å²) in [6.45, 7) is 4.41. The Hall–Kier alpha value is -3.48. The van der Waals surface area contributed by atoms with Crippen molar-refractivity contribution in [3.05, 3.63) is 89.8 Å². The number of H-pyrrole nitrogens is 1. The van der Waals surface area contributed by atoms with Gasteiger partial charge in [-0.1, -0.05) is 43.0 Å². The summed E-state index contributed by atoms with van der Waals surface area (Å²) in [5, 5.41) is 12.2. The van der Waals surface area contributed by atoms with Crippen molar-refractivity contribution in [3.8, 4) is 0 Å². The number of rotatable bonds is 6. The zero-order chi connectivity index (χ0) is 18.5. The summed E-state index contributed by atoms with van der Waals surface area (Å²) in [5.41, 5.74) is 1.47.